The summed E-state index contributed by atoms with van der Waals surface area (Å²) in [6.45, 7) is 6.76. The molecule has 2 aromatic rings. The minimum absolute atomic E-state index is 0.200. The van der Waals surface area contributed by atoms with E-state index in [0.29, 0.717) is 23.9 Å². The van der Waals surface area contributed by atoms with Crippen LogP contribution in [-0.4, -0.2) is 22.4 Å². The van der Waals surface area contributed by atoms with Crippen LogP contribution in [0.25, 0.3) is 11.4 Å². The van der Waals surface area contributed by atoms with Gasteiger partial charge in [-0.2, -0.15) is 0 Å². The highest BCUT2D eigenvalue weighted by molar-refractivity contribution is 5.98. The Morgan fingerprint density at radius 1 is 1.27 bits per heavy atom. The summed E-state index contributed by atoms with van der Waals surface area (Å²) in [5.41, 5.74) is 8.36. The topological polar surface area (TPSA) is 80.9 Å². The smallest absolute Gasteiger partial charge is 0.256 e. The van der Waals surface area contributed by atoms with Crippen molar-refractivity contribution in [2.24, 2.45) is 5.92 Å². The number of benzene rings is 1. The second-order valence-corrected chi connectivity index (χ2v) is 5.65. The molecule has 116 valence electrons. The van der Waals surface area contributed by atoms with Gasteiger partial charge in [-0.05, 0) is 17.9 Å². The molecule has 1 aromatic carbocycles. The average molecular weight is 298 g/mol. The third-order valence-corrected chi connectivity index (χ3v) is 3.35. The lowest BCUT2D eigenvalue weighted by Gasteiger charge is -2.09. The summed E-state index contributed by atoms with van der Waals surface area (Å²) in [4.78, 5) is 20.5. The number of nitrogen functional groups attached to an aromatic ring is 1. The Bertz CT molecular complexity index is 650. The highest BCUT2D eigenvalue weighted by Crippen LogP contribution is 2.18. The number of nitrogens with one attached hydrogen (secondary N) is 1. The fourth-order valence-corrected chi connectivity index (χ4v) is 1.99. The fourth-order valence-electron chi connectivity index (χ4n) is 1.99. The molecule has 1 aromatic heterocycles. The van der Waals surface area contributed by atoms with Crippen LogP contribution in [0.1, 0.15) is 36.7 Å². The van der Waals surface area contributed by atoms with E-state index in [4.69, 9.17) is 5.73 Å². The molecule has 0 aliphatic heterocycles. The zero-order chi connectivity index (χ0) is 16.1. The van der Waals surface area contributed by atoms with Gasteiger partial charge in [-0.3, -0.25) is 4.79 Å². The summed E-state index contributed by atoms with van der Waals surface area (Å²) in [7, 11) is 0. The normalized spacial score (nSPS) is 10.7. The Morgan fingerprint density at radius 3 is 2.50 bits per heavy atom. The van der Waals surface area contributed by atoms with Gasteiger partial charge in [0.2, 0.25) is 0 Å². The van der Waals surface area contributed by atoms with Crippen LogP contribution in [0.4, 0.5) is 5.82 Å². The summed E-state index contributed by atoms with van der Waals surface area (Å²) < 4.78 is 0. The van der Waals surface area contributed by atoms with Crippen LogP contribution >= 0.6 is 0 Å². The molecule has 0 aliphatic rings. The number of aromatic nitrogens is 2. The molecular weight excluding hydrogens is 276 g/mol. The highest BCUT2D eigenvalue weighted by atomic mass is 16.1. The van der Waals surface area contributed by atoms with Crippen molar-refractivity contribution in [3.63, 3.8) is 0 Å². The first-order valence-corrected chi connectivity index (χ1v) is 7.51. The highest BCUT2D eigenvalue weighted by Gasteiger charge is 2.13. The number of rotatable bonds is 5. The van der Waals surface area contributed by atoms with E-state index in [-0.39, 0.29) is 11.7 Å². The predicted octanol–water partition coefficient (Wildman–Crippen LogP) is 2.67. The van der Waals surface area contributed by atoms with Crippen molar-refractivity contribution in [1.82, 2.24) is 15.3 Å². The van der Waals surface area contributed by atoms with E-state index in [9.17, 15) is 4.79 Å². The number of nitrogens with two attached hydrogens (primary N) is 1. The van der Waals surface area contributed by atoms with Gasteiger partial charge < -0.3 is 11.1 Å². The van der Waals surface area contributed by atoms with E-state index in [1.54, 1.807) is 0 Å². The van der Waals surface area contributed by atoms with E-state index in [0.717, 1.165) is 12.0 Å². The molecule has 0 spiro atoms. The molecule has 0 saturated heterocycles. The number of anilines is 1. The van der Waals surface area contributed by atoms with Gasteiger partial charge in [0.1, 0.15) is 5.82 Å². The summed E-state index contributed by atoms with van der Waals surface area (Å²) in [6, 6.07) is 8.01. The second-order valence-electron chi connectivity index (χ2n) is 5.65. The molecule has 1 amide bonds. The number of carbonyl (C=O) groups is 1. The van der Waals surface area contributed by atoms with Crippen molar-refractivity contribution >= 4 is 11.7 Å². The van der Waals surface area contributed by atoms with Gasteiger partial charge in [0.25, 0.3) is 5.91 Å². The Kier molecular flexibility index (Phi) is 5.09. The molecule has 5 nitrogen and oxygen atoms in total. The molecule has 0 bridgehead atoms. The van der Waals surface area contributed by atoms with Crippen LogP contribution in [-0.2, 0) is 6.42 Å². The lowest BCUT2D eigenvalue weighted by Crippen LogP contribution is -2.28. The van der Waals surface area contributed by atoms with Gasteiger partial charge in [-0.1, -0.05) is 45.0 Å². The zero-order valence-electron chi connectivity index (χ0n) is 13.3. The third kappa shape index (κ3) is 3.81. The molecule has 3 N–H and O–H groups in total. The Hall–Kier alpha value is -2.43. The maximum absolute atomic E-state index is 12.0. The van der Waals surface area contributed by atoms with Gasteiger partial charge in [0.05, 0.1) is 5.56 Å². The number of carbonyl (C=O) groups excluding carboxylic acids is 1. The molecule has 5 heteroatoms. The van der Waals surface area contributed by atoms with Crippen molar-refractivity contribution in [2.45, 2.75) is 27.2 Å². The van der Waals surface area contributed by atoms with Gasteiger partial charge >= 0.3 is 0 Å². The van der Waals surface area contributed by atoms with Gasteiger partial charge in [0.15, 0.2) is 5.82 Å². The quantitative estimate of drug-likeness (QED) is 0.889. The predicted molar refractivity (Wildman–Crippen MR) is 88.4 cm³/mol. The third-order valence-electron chi connectivity index (χ3n) is 3.35. The summed E-state index contributed by atoms with van der Waals surface area (Å²) in [5, 5.41) is 2.81. The standard InChI is InChI=1S/C17H22N4O/c1-4-12-5-7-13(8-6-12)16-19-10-14(15(18)21-16)17(22)20-9-11(2)3/h5-8,10-11H,4,9H2,1-3H3,(H,20,22)(H2,18,19,21). The SMILES string of the molecule is CCc1ccc(-c2ncc(C(=O)NCC(C)C)c(N)n2)cc1. The van der Waals surface area contributed by atoms with Crippen molar-refractivity contribution in [2.75, 3.05) is 12.3 Å². The minimum atomic E-state index is -0.237. The largest absolute Gasteiger partial charge is 0.383 e. The number of hydrogen-bond acceptors (Lipinski definition) is 4. The Morgan fingerprint density at radius 2 is 1.95 bits per heavy atom. The first-order chi connectivity index (χ1) is 10.5. The van der Waals surface area contributed by atoms with Crippen LogP contribution in [0.5, 0.6) is 0 Å². The number of hydrogen-bond donors (Lipinski definition) is 2. The van der Waals surface area contributed by atoms with E-state index in [2.05, 4.69) is 22.2 Å². The molecule has 2 rings (SSSR count). The van der Waals surface area contributed by atoms with Gasteiger partial charge in [0, 0.05) is 18.3 Å². The summed E-state index contributed by atoms with van der Waals surface area (Å²) in [6.07, 6.45) is 2.47. The monoisotopic (exact) mass is 298 g/mol. The summed E-state index contributed by atoms with van der Waals surface area (Å²) >= 11 is 0. The average Bonchev–Trinajstić information content (AvgIpc) is 2.52. The zero-order valence-corrected chi connectivity index (χ0v) is 13.3. The van der Waals surface area contributed by atoms with Crippen molar-refractivity contribution in [3.8, 4) is 11.4 Å². The number of aryl methyl sites for hydroxylation is 1. The molecule has 0 saturated carbocycles. The molecule has 1 heterocycles. The molecular formula is C17H22N4O. The van der Waals surface area contributed by atoms with Crippen LogP contribution in [0.15, 0.2) is 30.5 Å². The number of amides is 1. The van der Waals surface area contributed by atoms with Crippen molar-refractivity contribution in [1.29, 1.82) is 0 Å². The first-order valence-electron chi connectivity index (χ1n) is 7.51. The van der Waals surface area contributed by atoms with E-state index < -0.39 is 0 Å². The maximum atomic E-state index is 12.0. The Labute approximate surface area is 131 Å². The van der Waals surface area contributed by atoms with Crippen molar-refractivity contribution in [3.05, 3.63) is 41.6 Å². The van der Waals surface area contributed by atoms with Crippen molar-refractivity contribution < 1.29 is 4.79 Å². The van der Waals surface area contributed by atoms with Crippen LogP contribution in [0.2, 0.25) is 0 Å². The lowest BCUT2D eigenvalue weighted by atomic mass is 10.1. The van der Waals surface area contributed by atoms with Crippen LogP contribution < -0.4 is 11.1 Å². The lowest BCUT2D eigenvalue weighted by molar-refractivity contribution is 0.0949. The van der Waals surface area contributed by atoms with E-state index in [1.807, 2.05) is 38.1 Å². The molecule has 0 unspecified atom stereocenters. The molecule has 0 atom stereocenters. The molecule has 0 radical (unpaired) electrons. The van der Waals surface area contributed by atoms with Crippen LogP contribution in [0.3, 0.4) is 0 Å². The maximum Gasteiger partial charge on any atom is 0.256 e. The van der Waals surface area contributed by atoms with E-state index in [1.165, 1.54) is 11.8 Å². The molecule has 0 aliphatic carbocycles. The first kappa shape index (κ1) is 15.9. The Balaban J connectivity index is 2.19. The fraction of sp³-hybridized carbons (Fsp3) is 0.353. The number of nitrogens with zero attached hydrogens (tertiary/aromatic N) is 2. The molecule has 22 heavy (non-hydrogen) atoms. The van der Waals surface area contributed by atoms with Gasteiger partial charge in [-0.15, -0.1) is 0 Å². The molecule has 0 fully saturated rings. The second kappa shape index (κ2) is 7.02. The van der Waals surface area contributed by atoms with Crippen LogP contribution in [0, 0.1) is 5.92 Å². The minimum Gasteiger partial charge on any atom is -0.383 e. The summed E-state index contributed by atoms with van der Waals surface area (Å²) in [5.74, 6) is 0.868. The van der Waals surface area contributed by atoms with Gasteiger partial charge in [-0.25, -0.2) is 9.97 Å². The van der Waals surface area contributed by atoms with E-state index >= 15 is 0 Å².